The van der Waals surface area contributed by atoms with Gasteiger partial charge < -0.3 is 10.4 Å². The van der Waals surface area contributed by atoms with Gasteiger partial charge in [-0.1, -0.05) is 6.92 Å². The third-order valence-electron chi connectivity index (χ3n) is 3.02. The summed E-state index contributed by atoms with van der Waals surface area (Å²) in [5.41, 5.74) is -0.777. The number of hydrogen-bond donors (Lipinski definition) is 3. The molecule has 0 spiro atoms. The molecule has 7 nitrogen and oxygen atoms in total. The molecule has 21 heavy (non-hydrogen) atoms. The maximum absolute atomic E-state index is 12.0. The SMILES string of the molecule is CCC(C)(NC(=O)c1ccc(NS(C)(=O)=O)cc1)C(=O)O. The Balaban J connectivity index is 2.87. The molecule has 0 saturated heterocycles. The summed E-state index contributed by atoms with van der Waals surface area (Å²) in [4.78, 5) is 23.1. The number of aliphatic carboxylic acids is 1. The van der Waals surface area contributed by atoms with Crippen LogP contribution in [-0.2, 0) is 14.8 Å². The zero-order valence-corrected chi connectivity index (χ0v) is 12.8. The van der Waals surface area contributed by atoms with E-state index in [-0.39, 0.29) is 12.0 Å². The Morgan fingerprint density at radius 2 is 1.76 bits per heavy atom. The van der Waals surface area contributed by atoms with Crippen molar-refractivity contribution in [2.24, 2.45) is 0 Å². The van der Waals surface area contributed by atoms with Crippen LogP contribution in [0.1, 0.15) is 30.6 Å². The number of anilines is 1. The number of benzene rings is 1. The van der Waals surface area contributed by atoms with Crippen LogP contribution in [0.15, 0.2) is 24.3 Å². The van der Waals surface area contributed by atoms with Crippen LogP contribution in [0.2, 0.25) is 0 Å². The van der Waals surface area contributed by atoms with E-state index in [0.29, 0.717) is 5.69 Å². The van der Waals surface area contributed by atoms with Crippen LogP contribution in [-0.4, -0.2) is 37.2 Å². The minimum Gasteiger partial charge on any atom is -0.480 e. The van der Waals surface area contributed by atoms with Gasteiger partial charge in [-0.25, -0.2) is 13.2 Å². The van der Waals surface area contributed by atoms with Crippen molar-refractivity contribution >= 4 is 27.6 Å². The number of hydrogen-bond acceptors (Lipinski definition) is 4. The first-order chi connectivity index (χ1) is 9.57. The van der Waals surface area contributed by atoms with E-state index in [4.69, 9.17) is 5.11 Å². The highest BCUT2D eigenvalue weighted by molar-refractivity contribution is 7.92. The lowest BCUT2D eigenvalue weighted by molar-refractivity contribution is -0.143. The second-order valence-corrected chi connectivity index (χ2v) is 6.64. The van der Waals surface area contributed by atoms with E-state index < -0.39 is 27.4 Å². The summed E-state index contributed by atoms with van der Waals surface area (Å²) >= 11 is 0. The number of carboxylic acids is 1. The summed E-state index contributed by atoms with van der Waals surface area (Å²) < 4.78 is 24.4. The fourth-order valence-corrected chi connectivity index (χ4v) is 2.08. The van der Waals surface area contributed by atoms with Crippen LogP contribution in [0.4, 0.5) is 5.69 Å². The second kappa shape index (κ2) is 6.13. The van der Waals surface area contributed by atoms with Crippen LogP contribution in [0.3, 0.4) is 0 Å². The number of carboxylic acid groups (broad SMARTS) is 1. The molecule has 0 bridgehead atoms. The molecule has 0 aromatic heterocycles. The molecule has 0 aliphatic carbocycles. The Kier molecular flexibility index (Phi) is 4.95. The molecule has 8 heteroatoms. The minimum absolute atomic E-state index is 0.238. The smallest absolute Gasteiger partial charge is 0.329 e. The van der Waals surface area contributed by atoms with Gasteiger partial charge in [0.1, 0.15) is 5.54 Å². The van der Waals surface area contributed by atoms with Crippen molar-refractivity contribution in [2.45, 2.75) is 25.8 Å². The van der Waals surface area contributed by atoms with Gasteiger partial charge in [-0.05, 0) is 37.6 Å². The van der Waals surface area contributed by atoms with E-state index in [1.54, 1.807) is 6.92 Å². The highest BCUT2D eigenvalue weighted by Gasteiger charge is 2.32. The lowest BCUT2D eigenvalue weighted by Crippen LogP contribution is -2.51. The molecule has 116 valence electrons. The molecule has 0 fully saturated rings. The molecule has 3 N–H and O–H groups in total. The first kappa shape index (κ1) is 17.0. The average Bonchev–Trinajstić information content (AvgIpc) is 2.37. The summed E-state index contributed by atoms with van der Waals surface area (Å²) in [6, 6.07) is 5.70. The Morgan fingerprint density at radius 3 is 2.14 bits per heavy atom. The third kappa shape index (κ3) is 4.75. The number of sulfonamides is 1. The topological polar surface area (TPSA) is 113 Å². The maximum atomic E-state index is 12.0. The quantitative estimate of drug-likeness (QED) is 0.726. The molecule has 1 aromatic rings. The van der Waals surface area contributed by atoms with Crippen molar-refractivity contribution in [3.05, 3.63) is 29.8 Å². The average molecular weight is 314 g/mol. The molecule has 0 heterocycles. The first-order valence-corrected chi connectivity index (χ1v) is 8.10. The molecule has 0 saturated carbocycles. The summed E-state index contributed by atoms with van der Waals surface area (Å²) in [5.74, 6) is -1.65. The largest absolute Gasteiger partial charge is 0.480 e. The van der Waals surface area contributed by atoms with Gasteiger partial charge in [-0.3, -0.25) is 9.52 Å². The van der Waals surface area contributed by atoms with E-state index in [1.165, 1.54) is 31.2 Å². The van der Waals surface area contributed by atoms with Gasteiger partial charge in [0, 0.05) is 11.3 Å². The minimum atomic E-state index is -3.38. The molecular weight excluding hydrogens is 296 g/mol. The summed E-state index contributed by atoms with van der Waals surface area (Å²) in [6.45, 7) is 3.08. The molecule has 1 rings (SSSR count). The number of rotatable bonds is 6. The van der Waals surface area contributed by atoms with Gasteiger partial charge in [-0.2, -0.15) is 0 Å². The summed E-state index contributed by atoms with van der Waals surface area (Å²) in [6.07, 6.45) is 1.26. The zero-order valence-electron chi connectivity index (χ0n) is 12.0. The van der Waals surface area contributed by atoms with Gasteiger partial charge in [0.15, 0.2) is 0 Å². The number of amides is 1. The number of nitrogens with one attached hydrogen (secondary N) is 2. The van der Waals surface area contributed by atoms with Crippen molar-refractivity contribution in [1.82, 2.24) is 5.32 Å². The van der Waals surface area contributed by atoms with Crippen LogP contribution < -0.4 is 10.0 Å². The van der Waals surface area contributed by atoms with Crippen molar-refractivity contribution in [1.29, 1.82) is 0 Å². The first-order valence-electron chi connectivity index (χ1n) is 6.21. The monoisotopic (exact) mass is 314 g/mol. The maximum Gasteiger partial charge on any atom is 0.329 e. The van der Waals surface area contributed by atoms with E-state index in [9.17, 15) is 18.0 Å². The van der Waals surface area contributed by atoms with Gasteiger partial charge in [-0.15, -0.1) is 0 Å². The van der Waals surface area contributed by atoms with Crippen molar-refractivity contribution < 1.29 is 23.1 Å². The fraction of sp³-hybridized carbons (Fsp3) is 0.385. The fourth-order valence-electron chi connectivity index (χ4n) is 1.52. The molecule has 0 radical (unpaired) electrons. The van der Waals surface area contributed by atoms with Gasteiger partial charge in [0.2, 0.25) is 10.0 Å². The Morgan fingerprint density at radius 1 is 1.24 bits per heavy atom. The standard InChI is InChI=1S/C13H18N2O5S/c1-4-13(2,12(17)18)14-11(16)9-5-7-10(8-6-9)15-21(3,19)20/h5-8,15H,4H2,1-3H3,(H,14,16)(H,17,18). The lowest BCUT2D eigenvalue weighted by Gasteiger charge is -2.24. The molecule has 1 aromatic carbocycles. The highest BCUT2D eigenvalue weighted by Crippen LogP contribution is 2.14. The highest BCUT2D eigenvalue weighted by atomic mass is 32.2. The molecule has 0 aliphatic rings. The summed E-state index contributed by atoms with van der Waals surface area (Å²) in [7, 11) is -3.38. The number of carbonyl (C=O) groups excluding carboxylic acids is 1. The molecular formula is C13H18N2O5S. The third-order valence-corrected chi connectivity index (χ3v) is 3.63. The molecule has 0 aliphatic heterocycles. The molecule has 1 amide bonds. The van der Waals surface area contributed by atoms with Gasteiger partial charge >= 0.3 is 5.97 Å². The lowest BCUT2D eigenvalue weighted by atomic mass is 9.98. The van der Waals surface area contributed by atoms with E-state index in [1.807, 2.05) is 0 Å². The van der Waals surface area contributed by atoms with Gasteiger partial charge in [0.25, 0.3) is 5.91 Å². The predicted molar refractivity (Wildman–Crippen MR) is 78.7 cm³/mol. The summed E-state index contributed by atoms with van der Waals surface area (Å²) in [5, 5.41) is 11.6. The van der Waals surface area contributed by atoms with E-state index in [0.717, 1.165) is 6.26 Å². The van der Waals surface area contributed by atoms with Crippen LogP contribution in [0, 0.1) is 0 Å². The Hall–Kier alpha value is -2.09. The van der Waals surface area contributed by atoms with Crippen molar-refractivity contribution in [3.63, 3.8) is 0 Å². The Bertz CT molecular complexity index is 639. The van der Waals surface area contributed by atoms with E-state index in [2.05, 4.69) is 10.0 Å². The van der Waals surface area contributed by atoms with Crippen LogP contribution >= 0.6 is 0 Å². The molecule has 1 unspecified atom stereocenters. The predicted octanol–water partition coefficient (Wildman–Crippen LogP) is 1.04. The van der Waals surface area contributed by atoms with Crippen LogP contribution in [0.25, 0.3) is 0 Å². The normalized spacial score (nSPS) is 14.0. The van der Waals surface area contributed by atoms with E-state index >= 15 is 0 Å². The van der Waals surface area contributed by atoms with Crippen molar-refractivity contribution in [2.75, 3.05) is 11.0 Å². The molecule has 1 atom stereocenters. The van der Waals surface area contributed by atoms with Gasteiger partial charge in [0.05, 0.1) is 6.26 Å². The Labute approximate surface area is 123 Å². The second-order valence-electron chi connectivity index (χ2n) is 4.90. The van der Waals surface area contributed by atoms with Crippen LogP contribution in [0.5, 0.6) is 0 Å². The number of carbonyl (C=O) groups is 2. The van der Waals surface area contributed by atoms with Crippen molar-refractivity contribution in [3.8, 4) is 0 Å². The zero-order chi connectivity index (χ0) is 16.3.